The van der Waals surface area contributed by atoms with Crippen LogP contribution in [0.15, 0.2) is 0 Å². The SMILES string of the molecule is CCCCN(O)C(=O)OCC. The molecule has 0 fully saturated rings. The van der Waals surface area contributed by atoms with Crippen molar-refractivity contribution in [2.75, 3.05) is 13.2 Å². The number of ether oxygens (including phenoxy) is 1. The van der Waals surface area contributed by atoms with Gasteiger partial charge in [-0.15, -0.1) is 0 Å². The molecule has 0 saturated heterocycles. The first-order chi connectivity index (χ1) is 5.22. The van der Waals surface area contributed by atoms with Gasteiger partial charge in [-0.3, -0.25) is 5.21 Å². The van der Waals surface area contributed by atoms with Gasteiger partial charge in [-0.25, -0.2) is 4.79 Å². The lowest BCUT2D eigenvalue weighted by atomic mass is 10.3. The Morgan fingerprint density at radius 2 is 2.18 bits per heavy atom. The van der Waals surface area contributed by atoms with Gasteiger partial charge in [0.15, 0.2) is 0 Å². The molecule has 0 spiro atoms. The van der Waals surface area contributed by atoms with Crippen LogP contribution in [-0.4, -0.2) is 29.5 Å². The first-order valence-electron chi connectivity index (χ1n) is 3.85. The van der Waals surface area contributed by atoms with Gasteiger partial charge in [-0.05, 0) is 13.3 Å². The molecule has 4 nitrogen and oxygen atoms in total. The number of carbonyl (C=O) groups is 1. The Hall–Kier alpha value is -0.770. The van der Waals surface area contributed by atoms with E-state index >= 15 is 0 Å². The number of hydrogen-bond acceptors (Lipinski definition) is 3. The van der Waals surface area contributed by atoms with Crippen molar-refractivity contribution < 1.29 is 14.7 Å². The molecule has 0 unspecified atom stereocenters. The van der Waals surface area contributed by atoms with Gasteiger partial charge in [-0.1, -0.05) is 13.3 Å². The normalized spacial score (nSPS) is 9.36. The van der Waals surface area contributed by atoms with E-state index in [-0.39, 0.29) is 0 Å². The summed E-state index contributed by atoms with van der Waals surface area (Å²) in [5.74, 6) is 0. The van der Waals surface area contributed by atoms with Gasteiger partial charge >= 0.3 is 6.09 Å². The third-order valence-corrected chi connectivity index (χ3v) is 1.20. The number of amides is 1. The van der Waals surface area contributed by atoms with Crippen molar-refractivity contribution in [2.45, 2.75) is 26.7 Å². The van der Waals surface area contributed by atoms with E-state index in [2.05, 4.69) is 4.74 Å². The fraction of sp³-hybridized carbons (Fsp3) is 0.857. The second-order valence-corrected chi connectivity index (χ2v) is 2.18. The minimum absolute atomic E-state index is 0.294. The van der Waals surface area contributed by atoms with E-state index in [4.69, 9.17) is 5.21 Å². The molecule has 4 heteroatoms. The van der Waals surface area contributed by atoms with Gasteiger partial charge in [0, 0.05) is 0 Å². The molecule has 0 radical (unpaired) electrons. The van der Waals surface area contributed by atoms with Crippen molar-refractivity contribution in [1.82, 2.24) is 5.06 Å². The summed E-state index contributed by atoms with van der Waals surface area (Å²) in [6.07, 6.45) is 1.06. The van der Waals surface area contributed by atoms with Crippen LogP contribution in [0.1, 0.15) is 26.7 Å². The molecule has 0 bridgehead atoms. The zero-order valence-electron chi connectivity index (χ0n) is 7.04. The van der Waals surface area contributed by atoms with Gasteiger partial charge in [-0.2, -0.15) is 5.06 Å². The molecule has 1 N–H and O–H groups in total. The lowest BCUT2D eigenvalue weighted by Gasteiger charge is -2.12. The lowest BCUT2D eigenvalue weighted by molar-refractivity contribution is -0.0736. The predicted octanol–water partition coefficient (Wildman–Crippen LogP) is 1.63. The number of carbonyl (C=O) groups excluding carboxylic acids is 1. The molecular weight excluding hydrogens is 146 g/mol. The molecule has 0 rings (SSSR count). The molecule has 11 heavy (non-hydrogen) atoms. The van der Waals surface area contributed by atoms with E-state index in [1.807, 2.05) is 6.92 Å². The molecular formula is C7H15NO3. The van der Waals surface area contributed by atoms with Gasteiger partial charge in [0.05, 0.1) is 13.2 Å². The summed E-state index contributed by atoms with van der Waals surface area (Å²) in [6.45, 7) is 4.32. The van der Waals surface area contributed by atoms with E-state index < -0.39 is 6.09 Å². The van der Waals surface area contributed by atoms with Crippen molar-refractivity contribution in [3.63, 3.8) is 0 Å². The maximum Gasteiger partial charge on any atom is 0.433 e. The van der Waals surface area contributed by atoms with Crippen LogP contribution in [0.2, 0.25) is 0 Å². The van der Waals surface area contributed by atoms with Crippen molar-refractivity contribution in [1.29, 1.82) is 0 Å². The smallest absolute Gasteiger partial charge is 0.433 e. The van der Waals surface area contributed by atoms with E-state index in [9.17, 15) is 4.79 Å². The molecule has 66 valence electrons. The van der Waals surface area contributed by atoms with Gasteiger partial charge in [0.1, 0.15) is 0 Å². The summed E-state index contributed by atoms with van der Waals surface area (Å²) >= 11 is 0. The molecule has 0 saturated carbocycles. The largest absolute Gasteiger partial charge is 0.448 e. The van der Waals surface area contributed by atoms with E-state index in [1.54, 1.807) is 6.92 Å². The molecule has 0 aromatic rings. The summed E-state index contributed by atoms with van der Waals surface area (Å²) in [4.78, 5) is 10.7. The molecule has 0 aromatic carbocycles. The quantitative estimate of drug-likeness (QED) is 0.503. The molecule has 0 aliphatic carbocycles. The number of rotatable bonds is 4. The third-order valence-electron chi connectivity index (χ3n) is 1.20. The van der Waals surface area contributed by atoms with E-state index in [0.717, 1.165) is 12.8 Å². The highest BCUT2D eigenvalue weighted by Gasteiger charge is 2.09. The molecule has 0 atom stereocenters. The van der Waals surface area contributed by atoms with E-state index in [1.165, 1.54) is 0 Å². The number of nitrogens with zero attached hydrogens (tertiary/aromatic N) is 1. The average molecular weight is 161 g/mol. The number of hydroxylamine groups is 2. The first-order valence-corrected chi connectivity index (χ1v) is 3.85. The zero-order valence-corrected chi connectivity index (χ0v) is 7.04. The van der Waals surface area contributed by atoms with Crippen LogP contribution in [0.3, 0.4) is 0 Å². The number of unbranched alkanes of at least 4 members (excludes halogenated alkanes) is 1. The van der Waals surface area contributed by atoms with Gasteiger partial charge < -0.3 is 4.74 Å². The second-order valence-electron chi connectivity index (χ2n) is 2.18. The molecule has 0 aliphatic heterocycles. The summed E-state index contributed by atoms with van der Waals surface area (Å²) in [5.41, 5.74) is 0. The highest BCUT2D eigenvalue weighted by atomic mass is 16.6. The van der Waals surface area contributed by atoms with Crippen molar-refractivity contribution >= 4 is 6.09 Å². The molecule has 0 heterocycles. The molecule has 0 aliphatic rings. The topological polar surface area (TPSA) is 49.8 Å². The average Bonchev–Trinajstić information content (AvgIpc) is 2.00. The van der Waals surface area contributed by atoms with Crippen molar-refractivity contribution in [3.05, 3.63) is 0 Å². The highest BCUT2D eigenvalue weighted by Crippen LogP contribution is 1.94. The Balaban J connectivity index is 3.46. The van der Waals surface area contributed by atoms with Crippen molar-refractivity contribution in [2.24, 2.45) is 0 Å². The summed E-state index contributed by atoms with van der Waals surface area (Å²) in [5, 5.41) is 9.54. The standard InChI is InChI=1S/C7H15NO3/c1-3-5-6-8(10)7(9)11-4-2/h10H,3-6H2,1-2H3. The predicted molar refractivity (Wildman–Crippen MR) is 40.4 cm³/mol. The maximum absolute atomic E-state index is 10.7. The van der Waals surface area contributed by atoms with Gasteiger partial charge in [0.25, 0.3) is 0 Å². The maximum atomic E-state index is 10.7. The summed E-state index contributed by atoms with van der Waals surface area (Å²) < 4.78 is 4.54. The summed E-state index contributed by atoms with van der Waals surface area (Å²) in [6, 6.07) is 0. The minimum atomic E-state index is -0.666. The Labute approximate surface area is 66.7 Å². The molecule has 1 amide bonds. The Morgan fingerprint density at radius 1 is 1.55 bits per heavy atom. The number of hydrogen-bond donors (Lipinski definition) is 1. The van der Waals surface area contributed by atoms with E-state index in [0.29, 0.717) is 18.2 Å². The minimum Gasteiger partial charge on any atom is -0.448 e. The third kappa shape index (κ3) is 4.61. The monoisotopic (exact) mass is 161 g/mol. The van der Waals surface area contributed by atoms with Crippen LogP contribution in [-0.2, 0) is 4.74 Å². The van der Waals surface area contributed by atoms with Crippen LogP contribution < -0.4 is 0 Å². The second kappa shape index (κ2) is 5.97. The van der Waals surface area contributed by atoms with Gasteiger partial charge in [0.2, 0.25) is 0 Å². The highest BCUT2D eigenvalue weighted by molar-refractivity contribution is 5.65. The fourth-order valence-electron chi connectivity index (χ4n) is 0.597. The Kier molecular flexibility index (Phi) is 5.56. The first kappa shape index (κ1) is 10.2. The van der Waals surface area contributed by atoms with Crippen LogP contribution in [0.5, 0.6) is 0 Å². The summed E-state index contributed by atoms with van der Waals surface area (Å²) in [7, 11) is 0. The van der Waals surface area contributed by atoms with Crippen LogP contribution in [0, 0.1) is 0 Å². The Morgan fingerprint density at radius 3 is 2.64 bits per heavy atom. The Bertz CT molecular complexity index is 116. The lowest BCUT2D eigenvalue weighted by Crippen LogP contribution is -2.28. The van der Waals surface area contributed by atoms with Crippen LogP contribution >= 0.6 is 0 Å². The zero-order chi connectivity index (χ0) is 8.69. The van der Waals surface area contributed by atoms with Crippen molar-refractivity contribution in [3.8, 4) is 0 Å². The van der Waals surface area contributed by atoms with Crippen LogP contribution in [0.4, 0.5) is 4.79 Å². The van der Waals surface area contributed by atoms with Crippen LogP contribution in [0.25, 0.3) is 0 Å². The fourth-order valence-corrected chi connectivity index (χ4v) is 0.597. The molecule has 0 aromatic heterocycles.